The van der Waals surface area contributed by atoms with Gasteiger partial charge in [-0.25, -0.2) is 6.57 Å². The number of hydrogen-bond acceptors (Lipinski definition) is 2. The summed E-state index contributed by atoms with van der Waals surface area (Å²) in [6, 6.07) is 0.560. The van der Waals surface area contributed by atoms with Crippen molar-refractivity contribution in [3.05, 3.63) is 11.4 Å². The molecule has 0 bridgehead atoms. The van der Waals surface area contributed by atoms with Crippen molar-refractivity contribution >= 4 is 12.2 Å². The monoisotopic (exact) mass is 262 g/mol. The second-order valence-corrected chi connectivity index (χ2v) is 5.84. The van der Waals surface area contributed by atoms with E-state index in [9.17, 15) is 4.79 Å². The lowest BCUT2D eigenvalue weighted by Crippen LogP contribution is -2.24. The lowest BCUT2D eigenvalue weighted by molar-refractivity contribution is -0.142. The maximum atomic E-state index is 10.9. The predicted octanol–water partition coefficient (Wildman–Crippen LogP) is 3.18. The first-order valence-corrected chi connectivity index (χ1v) is 7.31. The fourth-order valence-corrected chi connectivity index (χ4v) is 3.10. The van der Waals surface area contributed by atoms with Crippen LogP contribution in [0, 0.1) is 18.4 Å². The van der Waals surface area contributed by atoms with Gasteiger partial charge in [-0.2, -0.15) is 0 Å². The van der Waals surface area contributed by atoms with Gasteiger partial charge in [0.25, 0.3) is 0 Å². The summed E-state index contributed by atoms with van der Waals surface area (Å²) in [4.78, 5) is 19.1. The highest BCUT2D eigenvalue weighted by atomic mass is 16.4. The minimum absolute atomic E-state index is 0.152. The molecule has 0 aromatic rings. The number of rotatable bonds is 3. The van der Waals surface area contributed by atoms with E-state index in [1.54, 1.807) is 0 Å². The zero-order valence-corrected chi connectivity index (χ0v) is 11.3. The maximum Gasteiger partial charge on any atom is 0.306 e. The molecule has 104 valence electrons. The van der Waals surface area contributed by atoms with Crippen molar-refractivity contribution in [3.63, 3.8) is 0 Å². The first kappa shape index (κ1) is 14.0. The van der Waals surface area contributed by atoms with Crippen LogP contribution in [0.15, 0.2) is 4.99 Å². The highest BCUT2D eigenvalue weighted by Crippen LogP contribution is 2.28. The Morgan fingerprint density at radius 1 is 1.11 bits per heavy atom. The largest absolute Gasteiger partial charge is 0.481 e. The van der Waals surface area contributed by atoms with Crippen LogP contribution in [0.4, 0.5) is 0 Å². The van der Waals surface area contributed by atoms with E-state index in [1.807, 2.05) is 0 Å². The molecule has 0 aromatic heterocycles. The van der Waals surface area contributed by atoms with E-state index >= 15 is 0 Å². The summed E-state index contributed by atoms with van der Waals surface area (Å²) >= 11 is 0. The van der Waals surface area contributed by atoms with Gasteiger partial charge in [0.05, 0.1) is 5.92 Å². The molecule has 1 N–H and O–H groups in total. The number of aliphatic imine (C=N–C) groups is 1. The van der Waals surface area contributed by atoms with Gasteiger partial charge in [-0.05, 0) is 44.4 Å². The number of carboxylic acids is 1. The molecule has 0 atom stereocenters. The Morgan fingerprint density at radius 3 is 2.26 bits per heavy atom. The third kappa shape index (κ3) is 4.05. The number of carbonyl (C=O) groups is 1. The fraction of sp³-hybridized carbons (Fsp3) is 0.800. The SMILES string of the molecule is [C-]#[N+]C1CCC(C=NC2CCC(C(=O)O)CC2)CC1. The summed E-state index contributed by atoms with van der Waals surface area (Å²) in [6.45, 7) is 7.02. The molecule has 2 saturated carbocycles. The fourth-order valence-electron chi connectivity index (χ4n) is 3.10. The molecule has 0 spiro atoms. The Bertz CT molecular complexity index is 370. The standard InChI is InChI=1S/C15H22N2O2/c1-16-13-6-2-11(3-7-13)10-17-14-8-4-12(5-9-14)15(18)19/h10-14H,2-9H2,(H,18,19). The first-order chi connectivity index (χ1) is 9.19. The first-order valence-electron chi connectivity index (χ1n) is 7.31. The molecule has 19 heavy (non-hydrogen) atoms. The summed E-state index contributed by atoms with van der Waals surface area (Å²) < 4.78 is 0. The average molecular weight is 262 g/mol. The smallest absolute Gasteiger partial charge is 0.306 e. The Balaban J connectivity index is 1.72. The third-order valence-electron chi connectivity index (χ3n) is 4.48. The molecule has 0 aromatic carbocycles. The van der Waals surface area contributed by atoms with E-state index in [0.29, 0.717) is 12.0 Å². The van der Waals surface area contributed by atoms with Crippen LogP contribution in [-0.2, 0) is 4.79 Å². The minimum Gasteiger partial charge on any atom is -0.481 e. The molecule has 0 amide bonds. The van der Waals surface area contributed by atoms with Crippen LogP contribution in [0.5, 0.6) is 0 Å². The van der Waals surface area contributed by atoms with Crippen LogP contribution in [0.3, 0.4) is 0 Å². The van der Waals surface area contributed by atoms with Gasteiger partial charge in [0.1, 0.15) is 0 Å². The molecule has 2 rings (SSSR count). The van der Waals surface area contributed by atoms with Gasteiger partial charge in [-0.15, -0.1) is 0 Å². The van der Waals surface area contributed by atoms with E-state index < -0.39 is 5.97 Å². The molecule has 0 heterocycles. The number of carboxylic acid groups (broad SMARTS) is 1. The van der Waals surface area contributed by atoms with Gasteiger partial charge < -0.3 is 9.95 Å². The maximum absolute atomic E-state index is 10.9. The van der Waals surface area contributed by atoms with E-state index in [-0.39, 0.29) is 12.0 Å². The normalized spacial score (nSPS) is 35.9. The van der Waals surface area contributed by atoms with E-state index in [0.717, 1.165) is 51.4 Å². The van der Waals surface area contributed by atoms with Crippen LogP contribution in [0.1, 0.15) is 51.4 Å². The van der Waals surface area contributed by atoms with Gasteiger partial charge in [-0.1, -0.05) is 0 Å². The van der Waals surface area contributed by atoms with Crippen LogP contribution >= 0.6 is 0 Å². The Hall–Kier alpha value is -1.37. The number of nitrogens with zero attached hydrogens (tertiary/aromatic N) is 2. The van der Waals surface area contributed by atoms with Gasteiger partial charge in [0.15, 0.2) is 0 Å². The summed E-state index contributed by atoms with van der Waals surface area (Å²) in [6.07, 6.45) is 9.62. The Kier molecular flexibility index (Phi) is 4.95. The van der Waals surface area contributed by atoms with Crippen LogP contribution < -0.4 is 0 Å². The van der Waals surface area contributed by atoms with Crippen molar-refractivity contribution in [1.29, 1.82) is 0 Å². The molecule has 4 nitrogen and oxygen atoms in total. The molecule has 4 heteroatoms. The lowest BCUT2D eigenvalue weighted by Gasteiger charge is -2.24. The summed E-state index contributed by atoms with van der Waals surface area (Å²) in [7, 11) is 0. The summed E-state index contributed by atoms with van der Waals surface area (Å²) in [5.74, 6) is -0.268. The zero-order chi connectivity index (χ0) is 13.7. The third-order valence-corrected chi connectivity index (χ3v) is 4.48. The number of aliphatic carboxylic acids is 1. The highest BCUT2D eigenvalue weighted by molar-refractivity contribution is 5.70. The van der Waals surface area contributed by atoms with Gasteiger partial charge in [0, 0.05) is 25.1 Å². The van der Waals surface area contributed by atoms with Crippen LogP contribution in [-0.4, -0.2) is 29.4 Å². The van der Waals surface area contributed by atoms with Crippen molar-refractivity contribution in [2.75, 3.05) is 0 Å². The van der Waals surface area contributed by atoms with E-state index in [4.69, 9.17) is 11.7 Å². The second kappa shape index (κ2) is 6.70. The Morgan fingerprint density at radius 2 is 1.74 bits per heavy atom. The molecular formula is C15H22N2O2. The number of hydrogen-bond donors (Lipinski definition) is 1. The molecule has 2 fully saturated rings. The van der Waals surface area contributed by atoms with Crippen molar-refractivity contribution < 1.29 is 9.90 Å². The molecular weight excluding hydrogens is 240 g/mol. The lowest BCUT2D eigenvalue weighted by atomic mass is 9.85. The predicted molar refractivity (Wildman–Crippen MR) is 74.2 cm³/mol. The van der Waals surface area contributed by atoms with Gasteiger partial charge >= 0.3 is 5.97 Å². The van der Waals surface area contributed by atoms with Crippen molar-refractivity contribution in [1.82, 2.24) is 0 Å². The van der Waals surface area contributed by atoms with Gasteiger partial charge in [0.2, 0.25) is 6.04 Å². The minimum atomic E-state index is -0.653. The zero-order valence-electron chi connectivity index (χ0n) is 11.3. The molecule has 2 aliphatic carbocycles. The average Bonchev–Trinajstić information content (AvgIpc) is 2.46. The highest BCUT2D eigenvalue weighted by Gasteiger charge is 2.26. The molecule has 0 unspecified atom stereocenters. The van der Waals surface area contributed by atoms with Crippen molar-refractivity contribution in [2.24, 2.45) is 16.8 Å². The van der Waals surface area contributed by atoms with Crippen molar-refractivity contribution in [3.8, 4) is 0 Å². The topological polar surface area (TPSA) is 54.0 Å². The van der Waals surface area contributed by atoms with E-state index in [1.165, 1.54) is 0 Å². The molecule has 0 aliphatic heterocycles. The van der Waals surface area contributed by atoms with Crippen LogP contribution in [0.2, 0.25) is 0 Å². The molecule has 0 radical (unpaired) electrons. The van der Waals surface area contributed by atoms with Crippen molar-refractivity contribution in [2.45, 2.75) is 63.5 Å². The Labute approximate surface area is 114 Å². The quantitative estimate of drug-likeness (QED) is 0.627. The van der Waals surface area contributed by atoms with Gasteiger partial charge in [-0.3, -0.25) is 9.79 Å². The molecule has 0 saturated heterocycles. The van der Waals surface area contributed by atoms with E-state index in [2.05, 4.69) is 16.1 Å². The summed E-state index contributed by atoms with van der Waals surface area (Å²) in [5.41, 5.74) is 0. The van der Waals surface area contributed by atoms with Crippen LogP contribution in [0.25, 0.3) is 4.85 Å². The summed E-state index contributed by atoms with van der Waals surface area (Å²) in [5, 5.41) is 8.94. The second-order valence-electron chi connectivity index (χ2n) is 5.84. The molecule has 2 aliphatic rings.